The minimum atomic E-state index is -0.256. The zero-order chi connectivity index (χ0) is 15.5. The largest absolute Gasteiger partial charge is 0.393 e. The Morgan fingerprint density at radius 3 is 2.73 bits per heavy atom. The van der Waals surface area contributed by atoms with E-state index in [1.807, 2.05) is 19.4 Å². The Balaban J connectivity index is 1.95. The van der Waals surface area contributed by atoms with E-state index in [0.717, 1.165) is 12.3 Å². The second-order valence-electron chi connectivity index (χ2n) is 6.68. The van der Waals surface area contributed by atoms with Crippen LogP contribution in [0.25, 0.3) is 0 Å². The molecule has 1 fully saturated rings. The van der Waals surface area contributed by atoms with Gasteiger partial charge in [0.2, 0.25) is 0 Å². The Labute approximate surface area is 136 Å². The Morgan fingerprint density at radius 2 is 2.09 bits per heavy atom. The molecular weight excluding hydrogens is 292 g/mol. The fourth-order valence-corrected chi connectivity index (χ4v) is 5.52. The SMILES string of the molecule is CC(O)C(C)Cc1c(C2CCCCC2)cc[s+]1-n1ccnc1. The number of rotatable bonds is 5. The summed E-state index contributed by atoms with van der Waals surface area (Å²) in [6.45, 7) is 4.06. The number of aromatic nitrogens is 2. The summed E-state index contributed by atoms with van der Waals surface area (Å²) in [5.74, 6) is 1.02. The van der Waals surface area contributed by atoms with Crippen LogP contribution < -0.4 is 0 Å². The number of hydrogen-bond donors (Lipinski definition) is 1. The van der Waals surface area contributed by atoms with E-state index in [1.54, 1.807) is 5.56 Å². The van der Waals surface area contributed by atoms with E-state index in [0.29, 0.717) is 5.92 Å². The molecule has 3 nitrogen and oxygen atoms in total. The standard InChI is InChI=1S/C18H27N2OS/c1-14(15(2)21)12-18-17(16-6-4-3-5-7-16)8-11-22(18)20-10-9-19-13-20/h8-11,13-16,21H,3-7,12H2,1-2H3/q+1. The van der Waals surface area contributed by atoms with Crippen molar-refractivity contribution in [2.45, 2.75) is 64.4 Å². The van der Waals surface area contributed by atoms with Gasteiger partial charge in [0.1, 0.15) is 17.0 Å². The van der Waals surface area contributed by atoms with E-state index in [2.05, 4.69) is 33.5 Å². The van der Waals surface area contributed by atoms with Crippen LogP contribution in [0.5, 0.6) is 0 Å². The first-order chi connectivity index (χ1) is 10.7. The van der Waals surface area contributed by atoms with E-state index < -0.39 is 0 Å². The van der Waals surface area contributed by atoms with Crippen LogP contribution in [0.4, 0.5) is 0 Å². The van der Waals surface area contributed by atoms with Crippen molar-refractivity contribution in [1.29, 1.82) is 0 Å². The summed E-state index contributed by atoms with van der Waals surface area (Å²) in [6, 6.07) is 2.36. The van der Waals surface area contributed by atoms with Crippen LogP contribution in [0, 0.1) is 5.92 Å². The predicted octanol–water partition coefficient (Wildman–Crippen LogP) is 4.55. The third-order valence-electron chi connectivity index (χ3n) is 5.03. The maximum Gasteiger partial charge on any atom is 0.182 e. The van der Waals surface area contributed by atoms with Gasteiger partial charge >= 0.3 is 0 Å². The van der Waals surface area contributed by atoms with E-state index in [1.165, 1.54) is 37.0 Å². The van der Waals surface area contributed by atoms with Gasteiger partial charge in [0, 0.05) is 18.1 Å². The van der Waals surface area contributed by atoms with Crippen LogP contribution >= 0.6 is 10.7 Å². The molecule has 0 aliphatic heterocycles. The molecule has 0 aromatic carbocycles. The highest BCUT2D eigenvalue weighted by Gasteiger charge is 2.30. The van der Waals surface area contributed by atoms with E-state index in [4.69, 9.17) is 0 Å². The minimum Gasteiger partial charge on any atom is -0.393 e. The molecule has 3 rings (SSSR count). The molecule has 22 heavy (non-hydrogen) atoms. The molecule has 2 aromatic rings. The third kappa shape index (κ3) is 3.28. The number of aliphatic hydroxyl groups excluding tert-OH is 1. The lowest BCUT2D eigenvalue weighted by molar-refractivity contribution is 0.135. The Hall–Kier alpha value is -1.13. The van der Waals surface area contributed by atoms with Crippen LogP contribution in [-0.4, -0.2) is 20.2 Å². The molecule has 1 saturated carbocycles. The lowest BCUT2D eigenvalue weighted by Crippen LogP contribution is -2.17. The van der Waals surface area contributed by atoms with Crippen LogP contribution in [0.15, 0.2) is 30.2 Å². The van der Waals surface area contributed by atoms with Crippen molar-refractivity contribution in [1.82, 2.24) is 8.96 Å². The van der Waals surface area contributed by atoms with Crippen molar-refractivity contribution in [3.05, 3.63) is 40.6 Å². The topological polar surface area (TPSA) is 38.0 Å². The number of thiophene rings is 1. The molecule has 120 valence electrons. The summed E-state index contributed by atoms with van der Waals surface area (Å²) in [6.07, 6.45) is 13.3. The minimum absolute atomic E-state index is 0.0241. The number of hydrogen-bond acceptors (Lipinski definition) is 2. The van der Waals surface area contributed by atoms with Gasteiger partial charge < -0.3 is 5.11 Å². The first-order valence-electron chi connectivity index (χ1n) is 8.47. The first-order valence-corrected chi connectivity index (χ1v) is 9.72. The fourth-order valence-electron chi connectivity index (χ4n) is 3.44. The summed E-state index contributed by atoms with van der Waals surface area (Å²) in [5.41, 5.74) is 1.56. The molecule has 1 aliphatic rings. The molecule has 0 radical (unpaired) electrons. The van der Waals surface area contributed by atoms with Crippen LogP contribution in [-0.2, 0) is 6.42 Å². The molecule has 0 bridgehead atoms. The van der Waals surface area contributed by atoms with Gasteiger partial charge in [0.05, 0.1) is 18.5 Å². The molecule has 0 spiro atoms. The predicted molar refractivity (Wildman–Crippen MR) is 92.3 cm³/mol. The van der Waals surface area contributed by atoms with Gasteiger partial charge in [0.25, 0.3) is 0 Å². The van der Waals surface area contributed by atoms with E-state index in [-0.39, 0.29) is 16.8 Å². The Kier molecular flexibility index (Phi) is 4.99. The summed E-state index contributed by atoms with van der Waals surface area (Å²) in [5, 5.41) is 12.3. The van der Waals surface area contributed by atoms with Gasteiger partial charge in [-0.1, -0.05) is 26.2 Å². The lowest BCUT2D eigenvalue weighted by Gasteiger charge is -2.22. The van der Waals surface area contributed by atoms with E-state index in [9.17, 15) is 5.11 Å². The average molecular weight is 319 g/mol. The van der Waals surface area contributed by atoms with Crippen LogP contribution in [0.1, 0.15) is 62.3 Å². The number of aliphatic hydroxyl groups is 1. The maximum absolute atomic E-state index is 9.94. The third-order valence-corrected chi connectivity index (χ3v) is 7.01. The summed E-state index contributed by atoms with van der Waals surface area (Å²) in [4.78, 5) is 5.74. The molecular formula is C18H27N2OS+. The van der Waals surface area contributed by atoms with Gasteiger partial charge in [-0.05, 0) is 31.6 Å². The molecule has 0 saturated heterocycles. The summed E-state index contributed by atoms with van der Waals surface area (Å²) < 4.78 is 2.22. The zero-order valence-electron chi connectivity index (χ0n) is 13.6. The molecule has 1 aliphatic carbocycles. The highest BCUT2D eigenvalue weighted by Crippen LogP contribution is 2.41. The van der Waals surface area contributed by atoms with Crippen molar-refractivity contribution in [3.63, 3.8) is 0 Å². The highest BCUT2D eigenvalue weighted by molar-refractivity contribution is 7.28. The highest BCUT2D eigenvalue weighted by atomic mass is 32.2. The molecule has 3 atom stereocenters. The zero-order valence-corrected chi connectivity index (χ0v) is 14.4. The fraction of sp³-hybridized carbons (Fsp3) is 0.611. The van der Waals surface area contributed by atoms with Crippen molar-refractivity contribution in [3.8, 4) is 0 Å². The quantitative estimate of drug-likeness (QED) is 0.821. The first kappa shape index (κ1) is 15.8. The number of nitrogens with zero attached hydrogens (tertiary/aromatic N) is 2. The Morgan fingerprint density at radius 1 is 1.32 bits per heavy atom. The van der Waals surface area contributed by atoms with Gasteiger partial charge in [-0.3, -0.25) is 0 Å². The van der Waals surface area contributed by atoms with E-state index >= 15 is 0 Å². The second kappa shape index (κ2) is 6.97. The van der Waals surface area contributed by atoms with Crippen molar-refractivity contribution in [2.75, 3.05) is 0 Å². The van der Waals surface area contributed by atoms with Crippen molar-refractivity contribution in [2.24, 2.45) is 5.92 Å². The van der Waals surface area contributed by atoms with Gasteiger partial charge in [-0.2, -0.15) is 0 Å². The normalized spacial score (nSPS) is 20.0. The molecule has 1 N–H and O–H groups in total. The second-order valence-corrected chi connectivity index (χ2v) is 8.49. The van der Waals surface area contributed by atoms with Gasteiger partial charge in [-0.25, -0.2) is 4.98 Å². The van der Waals surface area contributed by atoms with Crippen molar-refractivity contribution < 1.29 is 5.11 Å². The smallest absolute Gasteiger partial charge is 0.182 e. The molecule has 0 amide bonds. The number of imidazole rings is 1. The van der Waals surface area contributed by atoms with Crippen LogP contribution in [0.3, 0.4) is 0 Å². The Bertz CT molecular complexity index is 582. The monoisotopic (exact) mass is 319 g/mol. The molecule has 2 heterocycles. The van der Waals surface area contributed by atoms with Crippen LogP contribution in [0.2, 0.25) is 0 Å². The van der Waals surface area contributed by atoms with Gasteiger partial charge in [-0.15, -0.1) is 3.97 Å². The molecule has 4 heteroatoms. The van der Waals surface area contributed by atoms with Crippen molar-refractivity contribution >= 4 is 10.7 Å². The lowest BCUT2D eigenvalue weighted by atomic mass is 9.83. The molecule has 3 unspecified atom stereocenters. The average Bonchev–Trinajstić information content (AvgIpc) is 3.17. The maximum atomic E-state index is 9.94. The summed E-state index contributed by atoms with van der Waals surface area (Å²) >= 11 is 0. The summed E-state index contributed by atoms with van der Waals surface area (Å²) in [7, 11) is -0.0241. The molecule has 2 aromatic heterocycles. The van der Waals surface area contributed by atoms with Gasteiger partial charge in [0.15, 0.2) is 10.3 Å².